The van der Waals surface area contributed by atoms with Crippen LogP contribution >= 0.6 is 0 Å². The van der Waals surface area contributed by atoms with E-state index in [1.807, 2.05) is 36.4 Å². The maximum absolute atomic E-state index is 11.5. The van der Waals surface area contributed by atoms with Crippen molar-refractivity contribution >= 4 is 12.0 Å². The van der Waals surface area contributed by atoms with Gasteiger partial charge in [-0.05, 0) is 18.1 Å². The Bertz CT molecular complexity index is 400. The predicted molar refractivity (Wildman–Crippen MR) is 67.0 cm³/mol. The Morgan fingerprint density at radius 1 is 1.35 bits per heavy atom. The van der Waals surface area contributed by atoms with Gasteiger partial charge in [0.1, 0.15) is 0 Å². The Morgan fingerprint density at radius 2 is 2.12 bits per heavy atom. The van der Waals surface area contributed by atoms with Crippen LogP contribution in [0.3, 0.4) is 0 Å². The highest BCUT2D eigenvalue weighted by Gasteiger charge is 2.24. The lowest BCUT2D eigenvalue weighted by atomic mass is 10.1. The minimum absolute atomic E-state index is 0.115. The Balaban J connectivity index is 1.89. The smallest absolute Gasteiger partial charge is 0.225 e. The first kappa shape index (κ1) is 11.7. The minimum Gasteiger partial charge on any atom is -0.478 e. The van der Waals surface area contributed by atoms with Crippen molar-refractivity contribution in [2.45, 2.75) is 25.5 Å². The maximum atomic E-state index is 11.5. The van der Waals surface area contributed by atoms with Gasteiger partial charge in [0, 0.05) is 19.9 Å². The molecule has 1 unspecified atom stereocenters. The topological polar surface area (TPSA) is 29.5 Å². The van der Waals surface area contributed by atoms with E-state index < -0.39 is 0 Å². The molecule has 1 fully saturated rings. The Kier molecular flexibility index (Phi) is 3.81. The van der Waals surface area contributed by atoms with Crippen LogP contribution in [0.15, 0.2) is 36.6 Å². The Morgan fingerprint density at radius 3 is 2.88 bits per heavy atom. The third kappa shape index (κ3) is 3.09. The first-order chi connectivity index (χ1) is 8.27. The minimum atomic E-state index is -0.115. The molecule has 0 spiro atoms. The summed E-state index contributed by atoms with van der Waals surface area (Å²) in [4.78, 5) is 13.1. The van der Waals surface area contributed by atoms with Gasteiger partial charge in [-0.1, -0.05) is 30.3 Å². The average Bonchev–Trinajstić information content (AvgIpc) is 2.36. The second-order valence-corrected chi connectivity index (χ2v) is 4.20. The van der Waals surface area contributed by atoms with Crippen LogP contribution in [0.5, 0.6) is 0 Å². The summed E-state index contributed by atoms with van der Waals surface area (Å²) in [6.07, 6.45) is 5.92. The van der Waals surface area contributed by atoms with Gasteiger partial charge in [0.25, 0.3) is 0 Å². The molecule has 1 aliphatic heterocycles. The van der Waals surface area contributed by atoms with Crippen LogP contribution < -0.4 is 0 Å². The molecule has 1 saturated heterocycles. The van der Waals surface area contributed by atoms with Crippen molar-refractivity contribution in [2.24, 2.45) is 0 Å². The van der Waals surface area contributed by atoms with E-state index in [4.69, 9.17) is 4.74 Å². The van der Waals surface area contributed by atoms with Gasteiger partial charge in [0.15, 0.2) is 6.23 Å². The van der Waals surface area contributed by atoms with Crippen molar-refractivity contribution in [3.63, 3.8) is 0 Å². The van der Waals surface area contributed by atoms with Crippen LogP contribution in [-0.2, 0) is 9.53 Å². The molecule has 0 aliphatic carbocycles. The molecule has 0 N–H and O–H groups in total. The highest BCUT2D eigenvalue weighted by atomic mass is 16.5. The normalized spacial score (nSPS) is 20.9. The molecule has 1 atom stereocenters. The van der Waals surface area contributed by atoms with E-state index >= 15 is 0 Å². The molecule has 3 nitrogen and oxygen atoms in total. The van der Waals surface area contributed by atoms with Crippen LogP contribution in [0.1, 0.15) is 24.8 Å². The molecule has 1 heterocycles. The second-order valence-electron chi connectivity index (χ2n) is 4.20. The highest BCUT2D eigenvalue weighted by molar-refractivity contribution is 5.76. The number of hydrogen-bond donors (Lipinski definition) is 0. The van der Waals surface area contributed by atoms with Crippen LogP contribution in [0.25, 0.3) is 6.08 Å². The molecule has 0 aromatic heterocycles. The molecule has 1 aliphatic rings. The fraction of sp³-hybridized carbons (Fsp3) is 0.357. The van der Waals surface area contributed by atoms with E-state index in [1.54, 1.807) is 18.2 Å². The number of hydrogen-bond acceptors (Lipinski definition) is 2. The third-order valence-electron chi connectivity index (χ3n) is 2.96. The standard InChI is InChI=1S/C14H17NO2/c1-15-13(16)8-5-9-14(15)17-11-10-12-6-3-2-4-7-12/h2-4,6-7,10-11,14H,5,8-9H2,1H3. The van der Waals surface area contributed by atoms with Gasteiger partial charge in [0.05, 0.1) is 6.26 Å². The first-order valence-corrected chi connectivity index (χ1v) is 5.90. The molecule has 3 heteroatoms. The molecular formula is C14H17NO2. The van der Waals surface area contributed by atoms with Crippen LogP contribution in [0, 0.1) is 0 Å². The summed E-state index contributed by atoms with van der Waals surface area (Å²) in [6.45, 7) is 0. The van der Waals surface area contributed by atoms with Crippen molar-refractivity contribution in [1.29, 1.82) is 0 Å². The predicted octanol–water partition coefficient (Wildman–Crippen LogP) is 2.64. The van der Waals surface area contributed by atoms with Gasteiger partial charge in [0.2, 0.25) is 5.91 Å². The number of piperidine rings is 1. The third-order valence-corrected chi connectivity index (χ3v) is 2.96. The van der Waals surface area contributed by atoms with E-state index in [0.717, 1.165) is 18.4 Å². The molecule has 2 rings (SSSR count). The summed E-state index contributed by atoms with van der Waals surface area (Å²) in [5.41, 5.74) is 1.09. The van der Waals surface area contributed by atoms with Gasteiger partial charge in [-0.25, -0.2) is 0 Å². The van der Waals surface area contributed by atoms with Crippen LogP contribution in [-0.4, -0.2) is 24.1 Å². The van der Waals surface area contributed by atoms with Gasteiger partial charge in [-0.3, -0.25) is 4.79 Å². The Labute approximate surface area is 102 Å². The fourth-order valence-electron chi connectivity index (χ4n) is 1.89. The molecule has 0 bridgehead atoms. The first-order valence-electron chi connectivity index (χ1n) is 5.90. The molecular weight excluding hydrogens is 214 g/mol. The van der Waals surface area contributed by atoms with Crippen molar-refractivity contribution < 1.29 is 9.53 Å². The molecule has 17 heavy (non-hydrogen) atoms. The van der Waals surface area contributed by atoms with Crippen molar-refractivity contribution in [3.05, 3.63) is 42.2 Å². The molecule has 0 saturated carbocycles. The highest BCUT2D eigenvalue weighted by Crippen LogP contribution is 2.17. The number of ether oxygens (including phenoxy) is 1. The zero-order valence-corrected chi connectivity index (χ0v) is 10.0. The molecule has 1 aromatic rings. The number of benzene rings is 1. The van der Waals surface area contributed by atoms with E-state index in [1.165, 1.54) is 0 Å². The summed E-state index contributed by atoms with van der Waals surface area (Å²) in [6, 6.07) is 9.96. The van der Waals surface area contributed by atoms with Crippen molar-refractivity contribution in [2.75, 3.05) is 7.05 Å². The lowest BCUT2D eigenvalue weighted by Gasteiger charge is -2.31. The van der Waals surface area contributed by atoms with E-state index in [0.29, 0.717) is 6.42 Å². The maximum Gasteiger partial charge on any atom is 0.225 e. The number of amides is 1. The monoisotopic (exact) mass is 231 g/mol. The van der Waals surface area contributed by atoms with Crippen molar-refractivity contribution in [3.8, 4) is 0 Å². The summed E-state index contributed by atoms with van der Waals surface area (Å²) in [5.74, 6) is 0.161. The van der Waals surface area contributed by atoms with Crippen LogP contribution in [0.4, 0.5) is 0 Å². The lowest BCUT2D eigenvalue weighted by Crippen LogP contribution is -2.41. The summed E-state index contributed by atoms with van der Waals surface area (Å²) in [5, 5.41) is 0. The molecule has 1 amide bonds. The number of rotatable bonds is 3. The molecule has 0 radical (unpaired) electrons. The molecule has 1 aromatic carbocycles. The summed E-state index contributed by atoms with van der Waals surface area (Å²) >= 11 is 0. The van der Waals surface area contributed by atoms with Crippen LogP contribution in [0.2, 0.25) is 0 Å². The number of nitrogens with zero attached hydrogens (tertiary/aromatic N) is 1. The number of carbonyl (C=O) groups is 1. The van der Waals surface area contributed by atoms with E-state index in [2.05, 4.69) is 0 Å². The number of likely N-dealkylation sites (tertiary alicyclic amines) is 1. The molecule has 90 valence electrons. The van der Waals surface area contributed by atoms with Gasteiger partial charge in [-0.2, -0.15) is 0 Å². The zero-order chi connectivity index (χ0) is 12.1. The average molecular weight is 231 g/mol. The van der Waals surface area contributed by atoms with E-state index in [9.17, 15) is 4.79 Å². The number of carbonyl (C=O) groups excluding carboxylic acids is 1. The van der Waals surface area contributed by atoms with E-state index in [-0.39, 0.29) is 12.1 Å². The van der Waals surface area contributed by atoms with Gasteiger partial charge < -0.3 is 9.64 Å². The largest absolute Gasteiger partial charge is 0.478 e. The second kappa shape index (κ2) is 5.53. The fourth-order valence-corrected chi connectivity index (χ4v) is 1.89. The van der Waals surface area contributed by atoms with Crippen molar-refractivity contribution in [1.82, 2.24) is 4.90 Å². The summed E-state index contributed by atoms with van der Waals surface area (Å²) in [7, 11) is 1.79. The van der Waals surface area contributed by atoms with Gasteiger partial charge in [-0.15, -0.1) is 0 Å². The zero-order valence-electron chi connectivity index (χ0n) is 10.0. The summed E-state index contributed by atoms with van der Waals surface area (Å²) < 4.78 is 5.59. The van der Waals surface area contributed by atoms with Gasteiger partial charge >= 0.3 is 0 Å². The quantitative estimate of drug-likeness (QED) is 0.748. The lowest BCUT2D eigenvalue weighted by molar-refractivity contribution is -0.144. The Hall–Kier alpha value is -1.77. The SMILES string of the molecule is CN1C(=O)CCCC1OC=Cc1ccccc1.